The number of aryl methyl sites for hydroxylation is 2. The summed E-state index contributed by atoms with van der Waals surface area (Å²) in [6.07, 6.45) is 9.12. The highest BCUT2D eigenvalue weighted by atomic mass is 16.3. The van der Waals surface area contributed by atoms with Crippen LogP contribution in [0, 0.1) is 0 Å². The molecular weight excluding hydrogens is 250 g/mol. The van der Waals surface area contributed by atoms with E-state index in [1.54, 1.807) is 6.26 Å². The minimum atomic E-state index is 0.436. The molecule has 0 saturated carbocycles. The minimum absolute atomic E-state index is 0.436. The second-order valence-corrected chi connectivity index (χ2v) is 5.96. The lowest BCUT2D eigenvalue weighted by Gasteiger charge is -2.21. The molecule has 0 aromatic carbocycles. The van der Waals surface area contributed by atoms with Crippen molar-refractivity contribution in [2.45, 2.75) is 51.1 Å². The third kappa shape index (κ3) is 2.18. The first kappa shape index (κ1) is 12.2. The second-order valence-electron chi connectivity index (χ2n) is 5.96. The predicted molar refractivity (Wildman–Crippen MR) is 76.3 cm³/mol. The van der Waals surface area contributed by atoms with Crippen molar-refractivity contribution in [3.8, 4) is 0 Å². The summed E-state index contributed by atoms with van der Waals surface area (Å²) < 4.78 is 5.49. The van der Waals surface area contributed by atoms with E-state index in [2.05, 4.69) is 16.0 Å². The molecule has 1 atom stereocenters. The van der Waals surface area contributed by atoms with Gasteiger partial charge in [-0.25, -0.2) is 4.98 Å². The smallest absolute Gasteiger partial charge is 0.124 e. The second kappa shape index (κ2) is 5.09. The maximum absolute atomic E-state index is 5.49. The highest BCUT2D eigenvalue weighted by molar-refractivity contribution is 5.19. The number of nitrogens with one attached hydrogen (secondary N) is 1. The van der Waals surface area contributed by atoms with E-state index in [9.17, 15) is 0 Å². The molecule has 106 valence electrons. The number of aromatic nitrogens is 2. The molecule has 0 amide bonds. The number of rotatable bonds is 3. The van der Waals surface area contributed by atoms with Crippen molar-refractivity contribution < 1.29 is 4.42 Å². The SMILES string of the molecule is c1coc(CN2CCC[C@@H]2c2nc3c([nH]2)CCCC3)c1. The predicted octanol–water partition coefficient (Wildman–Crippen LogP) is 3.22. The Morgan fingerprint density at radius 1 is 1.30 bits per heavy atom. The van der Waals surface area contributed by atoms with Crippen LogP contribution in [0.1, 0.15) is 54.7 Å². The molecule has 4 nitrogen and oxygen atoms in total. The van der Waals surface area contributed by atoms with Crippen LogP contribution in [0.4, 0.5) is 0 Å². The Balaban J connectivity index is 1.55. The molecule has 0 spiro atoms. The average molecular weight is 271 g/mol. The van der Waals surface area contributed by atoms with E-state index in [0.717, 1.165) is 25.3 Å². The number of fused-ring (bicyclic) bond motifs is 1. The van der Waals surface area contributed by atoms with Gasteiger partial charge in [-0.05, 0) is 57.2 Å². The fourth-order valence-electron chi connectivity index (χ4n) is 3.56. The summed E-state index contributed by atoms with van der Waals surface area (Å²) in [5, 5.41) is 0. The van der Waals surface area contributed by atoms with Crippen LogP contribution in [0.25, 0.3) is 0 Å². The number of likely N-dealkylation sites (tertiary alicyclic amines) is 1. The van der Waals surface area contributed by atoms with E-state index in [-0.39, 0.29) is 0 Å². The molecule has 1 N–H and O–H groups in total. The van der Waals surface area contributed by atoms with E-state index in [1.807, 2.05) is 6.07 Å². The Bertz CT molecular complexity index is 549. The zero-order chi connectivity index (χ0) is 13.4. The molecular formula is C16H21N3O. The van der Waals surface area contributed by atoms with Gasteiger partial charge in [-0.3, -0.25) is 4.90 Å². The number of hydrogen-bond donors (Lipinski definition) is 1. The van der Waals surface area contributed by atoms with Gasteiger partial charge in [-0.2, -0.15) is 0 Å². The first-order valence-electron chi connectivity index (χ1n) is 7.74. The molecule has 2 aromatic heterocycles. The fraction of sp³-hybridized carbons (Fsp3) is 0.562. The minimum Gasteiger partial charge on any atom is -0.468 e. The number of hydrogen-bond acceptors (Lipinski definition) is 3. The molecule has 4 rings (SSSR count). The maximum atomic E-state index is 5.49. The summed E-state index contributed by atoms with van der Waals surface area (Å²) >= 11 is 0. The van der Waals surface area contributed by atoms with Crippen LogP contribution in [0.5, 0.6) is 0 Å². The van der Waals surface area contributed by atoms with Gasteiger partial charge in [0.1, 0.15) is 11.6 Å². The van der Waals surface area contributed by atoms with Crippen molar-refractivity contribution in [2.24, 2.45) is 0 Å². The van der Waals surface area contributed by atoms with Gasteiger partial charge < -0.3 is 9.40 Å². The van der Waals surface area contributed by atoms with Crippen molar-refractivity contribution in [2.75, 3.05) is 6.54 Å². The topological polar surface area (TPSA) is 45.1 Å². The third-order valence-corrected chi connectivity index (χ3v) is 4.59. The summed E-state index contributed by atoms with van der Waals surface area (Å²) in [6.45, 7) is 2.03. The number of nitrogens with zero attached hydrogens (tertiary/aromatic N) is 2. The molecule has 1 fully saturated rings. The standard InChI is InChI=1S/C16H21N3O/c1-2-7-14-13(6-1)17-16(18-14)15-8-3-9-19(15)11-12-5-4-10-20-12/h4-5,10,15H,1-3,6-9,11H2,(H,17,18)/t15-/m1/s1. The van der Waals surface area contributed by atoms with E-state index < -0.39 is 0 Å². The molecule has 1 saturated heterocycles. The quantitative estimate of drug-likeness (QED) is 0.932. The molecule has 2 aromatic rings. The third-order valence-electron chi connectivity index (χ3n) is 4.59. The van der Waals surface area contributed by atoms with Crippen LogP contribution in [0.3, 0.4) is 0 Å². The van der Waals surface area contributed by atoms with Crippen molar-refractivity contribution in [1.29, 1.82) is 0 Å². The Morgan fingerprint density at radius 2 is 2.25 bits per heavy atom. The Morgan fingerprint density at radius 3 is 3.10 bits per heavy atom. The van der Waals surface area contributed by atoms with Crippen LogP contribution in [0.15, 0.2) is 22.8 Å². The van der Waals surface area contributed by atoms with Crippen LogP contribution in [-0.4, -0.2) is 21.4 Å². The van der Waals surface area contributed by atoms with E-state index >= 15 is 0 Å². The van der Waals surface area contributed by atoms with Crippen molar-refractivity contribution >= 4 is 0 Å². The van der Waals surface area contributed by atoms with Gasteiger partial charge in [0.2, 0.25) is 0 Å². The highest BCUT2D eigenvalue weighted by Crippen LogP contribution is 2.33. The summed E-state index contributed by atoms with van der Waals surface area (Å²) in [7, 11) is 0. The molecule has 1 aliphatic carbocycles. The normalized spacial score (nSPS) is 23.1. The Kier molecular flexibility index (Phi) is 3.11. The van der Waals surface area contributed by atoms with Gasteiger partial charge in [-0.1, -0.05) is 0 Å². The molecule has 1 aliphatic heterocycles. The number of H-pyrrole nitrogens is 1. The summed E-state index contributed by atoms with van der Waals surface area (Å²) in [5.74, 6) is 2.23. The zero-order valence-electron chi connectivity index (χ0n) is 11.8. The molecule has 0 radical (unpaired) electrons. The largest absolute Gasteiger partial charge is 0.468 e. The van der Waals surface area contributed by atoms with Gasteiger partial charge >= 0.3 is 0 Å². The Labute approximate surface area is 119 Å². The van der Waals surface area contributed by atoms with E-state index in [4.69, 9.17) is 9.40 Å². The fourth-order valence-corrected chi connectivity index (χ4v) is 3.56. The molecule has 4 heteroatoms. The van der Waals surface area contributed by atoms with E-state index in [0.29, 0.717) is 6.04 Å². The van der Waals surface area contributed by atoms with Gasteiger partial charge in [0.15, 0.2) is 0 Å². The van der Waals surface area contributed by atoms with Crippen molar-refractivity contribution in [3.05, 3.63) is 41.4 Å². The molecule has 3 heterocycles. The first-order chi connectivity index (χ1) is 9.90. The van der Waals surface area contributed by atoms with Gasteiger partial charge in [-0.15, -0.1) is 0 Å². The Hall–Kier alpha value is -1.55. The number of imidazole rings is 1. The molecule has 2 aliphatic rings. The number of aromatic amines is 1. The van der Waals surface area contributed by atoms with Crippen molar-refractivity contribution in [3.63, 3.8) is 0 Å². The highest BCUT2D eigenvalue weighted by Gasteiger charge is 2.30. The first-order valence-corrected chi connectivity index (χ1v) is 7.74. The van der Waals surface area contributed by atoms with Crippen LogP contribution in [0.2, 0.25) is 0 Å². The lowest BCUT2D eigenvalue weighted by atomic mass is 10.0. The summed E-state index contributed by atoms with van der Waals surface area (Å²) in [4.78, 5) is 11.0. The van der Waals surface area contributed by atoms with Crippen molar-refractivity contribution in [1.82, 2.24) is 14.9 Å². The van der Waals surface area contributed by atoms with Crippen LogP contribution in [-0.2, 0) is 19.4 Å². The summed E-state index contributed by atoms with van der Waals surface area (Å²) in [6, 6.07) is 4.46. The summed E-state index contributed by atoms with van der Waals surface area (Å²) in [5.41, 5.74) is 2.70. The average Bonchev–Trinajstić information content (AvgIpc) is 3.18. The molecule has 0 unspecified atom stereocenters. The van der Waals surface area contributed by atoms with Crippen LogP contribution < -0.4 is 0 Å². The monoisotopic (exact) mass is 271 g/mol. The maximum Gasteiger partial charge on any atom is 0.124 e. The lowest BCUT2D eigenvalue weighted by Crippen LogP contribution is -2.23. The van der Waals surface area contributed by atoms with Gasteiger partial charge in [0.05, 0.1) is 24.5 Å². The van der Waals surface area contributed by atoms with Crippen LogP contribution >= 0.6 is 0 Å². The molecule has 0 bridgehead atoms. The number of furan rings is 1. The van der Waals surface area contributed by atoms with Gasteiger partial charge in [0.25, 0.3) is 0 Å². The lowest BCUT2D eigenvalue weighted by molar-refractivity contribution is 0.221. The molecule has 20 heavy (non-hydrogen) atoms. The van der Waals surface area contributed by atoms with E-state index in [1.165, 1.54) is 49.3 Å². The van der Waals surface area contributed by atoms with Gasteiger partial charge in [0, 0.05) is 5.69 Å². The zero-order valence-corrected chi connectivity index (χ0v) is 11.8.